The van der Waals surface area contributed by atoms with Gasteiger partial charge in [-0.05, 0) is 25.1 Å². The minimum Gasteiger partial charge on any atom is -0.463 e. The number of anilines is 1. The average molecular weight is 379 g/mol. The highest BCUT2D eigenvalue weighted by Gasteiger charge is 2.26. The Balaban J connectivity index is 1.63. The molecule has 140 valence electrons. The van der Waals surface area contributed by atoms with Crippen molar-refractivity contribution in [3.63, 3.8) is 0 Å². The van der Waals surface area contributed by atoms with Gasteiger partial charge >= 0.3 is 12.0 Å². The summed E-state index contributed by atoms with van der Waals surface area (Å²) < 4.78 is 5.09. The lowest BCUT2D eigenvalue weighted by atomic mass is 10.1. The number of urea groups is 1. The Labute approximate surface area is 157 Å². The van der Waals surface area contributed by atoms with E-state index in [9.17, 15) is 9.59 Å². The van der Waals surface area contributed by atoms with Crippen LogP contribution in [0.15, 0.2) is 35.5 Å². The number of carbonyl (C=O) groups excluding carboxylic acids is 2. The Morgan fingerprint density at radius 2 is 2.04 bits per heavy atom. The Morgan fingerprint density at radius 3 is 2.73 bits per heavy atom. The van der Waals surface area contributed by atoms with E-state index < -0.39 is 0 Å². The Bertz CT molecular complexity index is 714. The predicted octanol–water partition coefficient (Wildman–Crippen LogP) is 1.59. The van der Waals surface area contributed by atoms with Crippen LogP contribution in [0.5, 0.6) is 0 Å². The molecule has 0 radical (unpaired) electrons. The van der Waals surface area contributed by atoms with Crippen molar-refractivity contribution in [1.82, 2.24) is 15.5 Å². The summed E-state index contributed by atoms with van der Waals surface area (Å²) in [4.78, 5) is 28.3. The minimum absolute atomic E-state index is 0.197. The quantitative estimate of drug-likeness (QED) is 0.761. The molecule has 2 heterocycles. The number of hydrogen-bond donors (Lipinski definition) is 2. The average Bonchev–Trinajstić information content (AvgIpc) is 2.62. The molecule has 0 saturated carbocycles. The van der Waals surface area contributed by atoms with Crippen molar-refractivity contribution < 1.29 is 14.3 Å². The number of carbonyl (C=O) groups is 2. The van der Waals surface area contributed by atoms with Gasteiger partial charge in [-0.15, -0.1) is 0 Å². The first kappa shape index (κ1) is 18.5. The second-order valence-corrected chi connectivity index (χ2v) is 6.66. The summed E-state index contributed by atoms with van der Waals surface area (Å²) >= 11 is 6.07. The standard InChI is InChI=1S/C18H23ClN4O3/c1-2-26-17(24)15-11-20-18(25)21-16(15)12-22-6-8-23(9-7-22)14-5-3-4-13(19)10-14/h3-5,10H,2,6-9,11-12H2,1H3,(H2,20,21,25). The Kier molecular flexibility index (Phi) is 6.00. The lowest BCUT2D eigenvalue weighted by Crippen LogP contribution is -2.51. The summed E-state index contributed by atoms with van der Waals surface area (Å²) in [5.74, 6) is -0.382. The van der Waals surface area contributed by atoms with E-state index in [0.29, 0.717) is 24.4 Å². The van der Waals surface area contributed by atoms with E-state index in [1.54, 1.807) is 6.92 Å². The zero-order valence-electron chi connectivity index (χ0n) is 14.8. The van der Waals surface area contributed by atoms with Crippen molar-refractivity contribution in [2.75, 3.05) is 50.8 Å². The van der Waals surface area contributed by atoms with Gasteiger partial charge in [0.2, 0.25) is 0 Å². The van der Waals surface area contributed by atoms with E-state index in [-0.39, 0.29) is 18.5 Å². The number of nitrogens with one attached hydrogen (secondary N) is 2. The van der Waals surface area contributed by atoms with Crippen molar-refractivity contribution in [2.45, 2.75) is 6.92 Å². The molecule has 26 heavy (non-hydrogen) atoms. The lowest BCUT2D eigenvalue weighted by molar-refractivity contribution is -0.138. The summed E-state index contributed by atoms with van der Waals surface area (Å²) in [5.41, 5.74) is 2.23. The van der Waals surface area contributed by atoms with Crippen LogP contribution in [0.1, 0.15) is 6.92 Å². The number of hydrogen-bond acceptors (Lipinski definition) is 5. The van der Waals surface area contributed by atoms with Crippen LogP contribution in [0, 0.1) is 0 Å². The molecule has 0 atom stereocenters. The van der Waals surface area contributed by atoms with Gasteiger partial charge in [-0.2, -0.15) is 0 Å². The molecule has 2 amide bonds. The third-order valence-corrected chi connectivity index (χ3v) is 4.74. The predicted molar refractivity (Wildman–Crippen MR) is 100 cm³/mol. The minimum atomic E-state index is -0.382. The van der Waals surface area contributed by atoms with Gasteiger partial charge in [0.1, 0.15) is 0 Å². The van der Waals surface area contributed by atoms with E-state index in [2.05, 4.69) is 26.5 Å². The van der Waals surface area contributed by atoms with E-state index in [1.165, 1.54) is 0 Å². The maximum atomic E-state index is 12.1. The number of ether oxygens (including phenoxy) is 1. The molecule has 3 rings (SSSR count). The van der Waals surface area contributed by atoms with Gasteiger partial charge in [-0.3, -0.25) is 4.90 Å². The van der Waals surface area contributed by atoms with Crippen LogP contribution in [-0.2, 0) is 9.53 Å². The molecule has 2 aliphatic heterocycles. The van der Waals surface area contributed by atoms with Crippen LogP contribution < -0.4 is 15.5 Å². The van der Waals surface area contributed by atoms with Gasteiger partial charge in [-0.1, -0.05) is 17.7 Å². The first-order valence-electron chi connectivity index (χ1n) is 8.73. The Hall–Kier alpha value is -2.25. The van der Waals surface area contributed by atoms with Crippen LogP contribution in [0.25, 0.3) is 0 Å². The first-order chi connectivity index (χ1) is 12.6. The monoisotopic (exact) mass is 378 g/mol. The Morgan fingerprint density at radius 1 is 1.27 bits per heavy atom. The lowest BCUT2D eigenvalue weighted by Gasteiger charge is -2.37. The van der Waals surface area contributed by atoms with Crippen LogP contribution in [-0.4, -0.2) is 62.8 Å². The second kappa shape index (κ2) is 8.42. The van der Waals surface area contributed by atoms with E-state index in [1.807, 2.05) is 18.2 Å². The van der Waals surface area contributed by atoms with Crippen molar-refractivity contribution >= 4 is 29.3 Å². The van der Waals surface area contributed by atoms with Gasteiger partial charge in [0.25, 0.3) is 0 Å². The van der Waals surface area contributed by atoms with Crippen LogP contribution >= 0.6 is 11.6 Å². The molecular weight excluding hydrogens is 356 g/mol. The summed E-state index contributed by atoms with van der Waals surface area (Å²) in [6.07, 6.45) is 0. The highest BCUT2D eigenvalue weighted by molar-refractivity contribution is 6.30. The fraction of sp³-hybridized carbons (Fsp3) is 0.444. The number of esters is 1. The van der Waals surface area contributed by atoms with Gasteiger partial charge in [-0.25, -0.2) is 9.59 Å². The largest absolute Gasteiger partial charge is 0.463 e. The molecular formula is C18H23ClN4O3. The molecule has 2 aliphatic rings. The smallest absolute Gasteiger partial charge is 0.337 e. The molecule has 0 unspecified atom stereocenters. The second-order valence-electron chi connectivity index (χ2n) is 6.23. The van der Waals surface area contributed by atoms with Crippen molar-refractivity contribution in [1.29, 1.82) is 0 Å². The first-order valence-corrected chi connectivity index (χ1v) is 9.11. The molecule has 1 fully saturated rings. The molecule has 1 aromatic rings. The molecule has 2 N–H and O–H groups in total. The topological polar surface area (TPSA) is 73.9 Å². The van der Waals surface area contributed by atoms with Crippen molar-refractivity contribution in [2.24, 2.45) is 0 Å². The fourth-order valence-electron chi connectivity index (χ4n) is 3.14. The molecule has 1 aromatic carbocycles. The highest BCUT2D eigenvalue weighted by atomic mass is 35.5. The molecule has 7 nitrogen and oxygen atoms in total. The van der Waals surface area contributed by atoms with Gasteiger partial charge < -0.3 is 20.3 Å². The number of benzene rings is 1. The summed E-state index contributed by atoms with van der Waals surface area (Å²) in [6.45, 7) is 6.16. The zero-order chi connectivity index (χ0) is 18.5. The number of amides is 2. The van der Waals surface area contributed by atoms with Crippen LogP contribution in [0.3, 0.4) is 0 Å². The third kappa shape index (κ3) is 4.47. The molecule has 0 spiro atoms. The normalized spacial score (nSPS) is 18.4. The highest BCUT2D eigenvalue weighted by Crippen LogP contribution is 2.21. The molecule has 0 bridgehead atoms. The van der Waals surface area contributed by atoms with E-state index in [0.717, 1.165) is 36.9 Å². The summed E-state index contributed by atoms with van der Waals surface area (Å²) in [7, 11) is 0. The van der Waals surface area contributed by atoms with Crippen molar-refractivity contribution in [3.8, 4) is 0 Å². The van der Waals surface area contributed by atoms with Gasteiger partial charge in [0.15, 0.2) is 0 Å². The summed E-state index contributed by atoms with van der Waals surface area (Å²) in [5, 5.41) is 6.11. The number of rotatable bonds is 5. The molecule has 1 saturated heterocycles. The number of nitrogens with zero attached hydrogens (tertiary/aromatic N) is 2. The van der Waals surface area contributed by atoms with E-state index >= 15 is 0 Å². The molecule has 0 aliphatic carbocycles. The maximum absolute atomic E-state index is 12.1. The SMILES string of the molecule is CCOC(=O)C1=C(CN2CCN(c3cccc(Cl)c3)CC2)NC(=O)NC1. The van der Waals surface area contributed by atoms with Crippen molar-refractivity contribution in [3.05, 3.63) is 40.6 Å². The fourth-order valence-corrected chi connectivity index (χ4v) is 3.33. The van der Waals surface area contributed by atoms with Crippen LogP contribution in [0.4, 0.5) is 10.5 Å². The molecule has 0 aromatic heterocycles. The van der Waals surface area contributed by atoms with Crippen LogP contribution in [0.2, 0.25) is 5.02 Å². The number of piperazine rings is 1. The zero-order valence-corrected chi connectivity index (χ0v) is 15.5. The van der Waals surface area contributed by atoms with Gasteiger partial charge in [0, 0.05) is 49.1 Å². The van der Waals surface area contributed by atoms with Gasteiger partial charge in [0.05, 0.1) is 18.7 Å². The molecule has 8 heteroatoms. The summed E-state index contributed by atoms with van der Waals surface area (Å²) in [6, 6.07) is 7.54. The van der Waals surface area contributed by atoms with E-state index in [4.69, 9.17) is 16.3 Å². The third-order valence-electron chi connectivity index (χ3n) is 4.50. The number of halogens is 1. The maximum Gasteiger partial charge on any atom is 0.337 e.